The van der Waals surface area contributed by atoms with Crippen LogP contribution in [0.25, 0.3) is 0 Å². The smallest absolute Gasteiger partial charge is 0.342 e. The molecule has 0 bridgehead atoms. The average molecular weight is 327 g/mol. The molecule has 3 nitrogen and oxygen atoms in total. The van der Waals surface area contributed by atoms with E-state index in [0.717, 1.165) is 5.56 Å². The first kappa shape index (κ1) is 14.5. The van der Waals surface area contributed by atoms with Gasteiger partial charge in [0.15, 0.2) is 5.60 Å². The third-order valence-electron chi connectivity index (χ3n) is 3.17. The van der Waals surface area contributed by atoms with Gasteiger partial charge in [-0.3, -0.25) is 0 Å². The Morgan fingerprint density at radius 1 is 1.26 bits per heavy atom. The summed E-state index contributed by atoms with van der Waals surface area (Å²) in [5, 5.41) is 0.431. The maximum absolute atomic E-state index is 12.2. The lowest BCUT2D eigenvalue weighted by Crippen LogP contribution is -2.41. The molecule has 0 aromatic heterocycles. The van der Waals surface area contributed by atoms with Crippen molar-refractivity contribution in [2.75, 3.05) is 5.33 Å². The molecule has 1 aliphatic rings. The van der Waals surface area contributed by atoms with Crippen LogP contribution >= 0.6 is 15.9 Å². The number of esters is 1. The van der Waals surface area contributed by atoms with Gasteiger partial charge in [0.1, 0.15) is 0 Å². The Balaban J connectivity index is 2.22. The second-order valence-corrected chi connectivity index (χ2v) is 6.57. The van der Waals surface area contributed by atoms with Crippen LogP contribution < -0.4 is 0 Å². The van der Waals surface area contributed by atoms with Gasteiger partial charge in [-0.2, -0.15) is 0 Å². The molecule has 0 spiro atoms. The molecule has 1 heterocycles. The zero-order valence-corrected chi connectivity index (χ0v) is 13.1. The highest BCUT2D eigenvalue weighted by Crippen LogP contribution is 2.37. The molecule has 4 heteroatoms. The molecule has 0 saturated carbocycles. The maximum Gasteiger partial charge on any atom is 0.342 e. The van der Waals surface area contributed by atoms with Gasteiger partial charge in [0, 0.05) is 17.2 Å². The number of carbonyl (C=O) groups excluding carboxylic acids is 1. The van der Waals surface area contributed by atoms with Crippen LogP contribution in [0.4, 0.5) is 0 Å². The first-order valence-electron chi connectivity index (χ1n) is 6.36. The highest BCUT2D eigenvalue weighted by atomic mass is 79.9. The SMILES string of the molecule is CC(C)(C)C1OC(=O)C(CBr)(Cc2ccccc2)O1. The molecule has 1 fully saturated rings. The molecule has 2 atom stereocenters. The van der Waals surface area contributed by atoms with Crippen molar-refractivity contribution in [3.8, 4) is 0 Å². The quantitative estimate of drug-likeness (QED) is 0.631. The largest absolute Gasteiger partial charge is 0.433 e. The lowest BCUT2D eigenvalue weighted by molar-refractivity contribution is -0.155. The van der Waals surface area contributed by atoms with Gasteiger partial charge in [-0.15, -0.1) is 0 Å². The molecule has 104 valence electrons. The molecule has 0 radical (unpaired) electrons. The van der Waals surface area contributed by atoms with Gasteiger partial charge in [-0.05, 0) is 5.56 Å². The summed E-state index contributed by atoms with van der Waals surface area (Å²) in [6, 6.07) is 9.85. The number of ether oxygens (including phenoxy) is 2. The van der Waals surface area contributed by atoms with Gasteiger partial charge in [0.2, 0.25) is 6.29 Å². The van der Waals surface area contributed by atoms with Gasteiger partial charge < -0.3 is 9.47 Å². The highest BCUT2D eigenvalue weighted by Gasteiger charge is 2.52. The molecular weight excluding hydrogens is 308 g/mol. The summed E-state index contributed by atoms with van der Waals surface area (Å²) >= 11 is 3.40. The van der Waals surface area contributed by atoms with E-state index in [2.05, 4.69) is 15.9 Å². The fraction of sp³-hybridized carbons (Fsp3) is 0.533. The van der Waals surface area contributed by atoms with E-state index in [1.54, 1.807) is 0 Å². The molecule has 0 N–H and O–H groups in total. The van der Waals surface area contributed by atoms with Crippen molar-refractivity contribution in [3.63, 3.8) is 0 Å². The van der Waals surface area contributed by atoms with E-state index < -0.39 is 11.9 Å². The van der Waals surface area contributed by atoms with Crippen molar-refractivity contribution < 1.29 is 14.3 Å². The fourth-order valence-electron chi connectivity index (χ4n) is 2.01. The Hall–Kier alpha value is -0.870. The van der Waals surface area contributed by atoms with Crippen LogP contribution in [0.15, 0.2) is 30.3 Å². The van der Waals surface area contributed by atoms with Crippen LogP contribution in [0, 0.1) is 5.41 Å². The minimum absolute atomic E-state index is 0.226. The third-order valence-corrected chi connectivity index (χ3v) is 4.08. The maximum atomic E-state index is 12.2. The van der Waals surface area contributed by atoms with E-state index in [-0.39, 0.29) is 11.4 Å². The first-order chi connectivity index (χ1) is 8.87. The van der Waals surface area contributed by atoms with Crippen molar-refractivity contribution >= 4 is 21.9 Å². The molecule has 0 amide bonds. The summed E-state index contributed by atoms with van der Waals surface area (Å²) in [4.78, 5) is 12.2. The van der Waals surface area contributed by atoms with E-state index in [4.69, 9.17) is 9.47 Å². The Morgan fingerprint density at radius 3 is 2.37 bits per heavy atom. The lowest BCUT2D eigenvalue weighted by Gasteiger charge is -2.27. The Labute approximate surface area is 122 Å². The minimum Gasteiger partial charge on any atom is -0.433 e. The van der Waals surface area contributed by atoms with Gasteiger partial charge in [0.25, 0.3) is 0 Å². The highest BCUT2D eigenvalue weighted by molar-refractivity contribution is 9.09. The zero-order valence-electron chi connectivity index (χ0n) is 11.5. The van der Waals surface area contributed by atoms with E-state index in [9.17, 15) is 4.79 Å². The Kier molecular flexibility index (Phi) is 4.02. The van der Waals surface area contributed by atoms with Crippen molar-refractivity contribution in [1.82, 2.24) is 0 Å². The van der Waals surface area contributed by atoms with Gasteiger partial charge in [-0.25, -0.2) is 4.79 Å². The summed E-state index contributed by atoms with van der Waals surface area (Å²) < 4.78 is 11.4. The fourth-order valence-corrected chi connectivity index (χ4v) is 2.57. The summed E-state index contributed by atoms with van der Waals surface area (Å²) in [6.45, 7) is 5.99. The number of hydrogen-bond donors (Lipinski definition) is 0. The topological polar surface area (TPSA) is 35.5 Å². The van der Waals surface area contributed by atoms with Crippen molar-refractivity contribution in [2.24, 2.45) is 5.41 Å². The van der Waals surface area contributed by atoms with Crippen molar-refractivity contribution in [1.29, 1.82) is 0 Å². The Morgan fingerprint density at radius 2 is 1.89 bits per heavy atom. The summed E-state index contributed by atoms with van der Waals surface area (Å²) in [6.07, 6.45) is 0.0195. The average Bonchev–Trinajstić information content (AvgIpc) is 2.69. The molecule has 2 rings (SSSR count). The van der Waals surface area contributed by atoms with E-state index >= 15 is 0 Å². The van der Waals surface area contributed by atoms with Crippen LogP contribution in [0.1, 0.15) is 26.3 Å². The third kappa shape index (κ3) is 3.00. The standard InChI is InChI=1S/C15H19BrO3/c1-14(2,3)13-18-12(17)15(10-16,19-13)9-11-7-5-4-6-8-11/h4-8,13H,9-10H2,1-3H3. The number of alkyl halides is 1. The molecule has 0 aliphatic carbocycles. The second-order valence-electron chi connectivity index (χ2n) is 6.01. The molecule has 2 unspecified atom stereocenters. The number of carbonyl (C=O) groups is 1. The Bertz CT molecular complexity index is 452. The van der Waals surface area contributed by atoms with E-state index in [1.807, 2.05) is 51.1 Å². The normalized spacial score (nSPS) is 27.4. The lowest BCUT2D eigenvalue weighted by atomic mass is 9.95. The van der Waals surface area contributed by atoms with Crippen molar-refractivity contribution in [3.05, 3.63) is 35.9 Å². The van der Waals surface area contributed by atoms with Crippen LogP contribution in [0.2, 0.25) is 0 Å². The number of rotatable bonds is 3. The molecule has 1 saturated heterocycles. The van der Waals surface area contributed by atoms with Crippen LogP contribution in [-0.2, 0) is 20.7 Å². The summed E-state index contributed by atoms with van der Waals surface area (Å²) in [5.74, 6) is -0.284. The first-order valence-corrected chi connectivity index (χ1v) is 7.48. The molecule has 19 heavy (non-hydrogen) atoms. The van der Waals surface area contributed by atoms with Crippen LogP contribution in [-0.4, -0.2) is 23.2 Å². The van der Waals surface area contributed by atoms with Crippen molar-refractivity contribution in [2.45, 2.75) is 39.1 Å². The zero-order chi connectivity index (χ0) is 14.1. The van der Waals surface area contributed by atoms with Gasteiger partial charge >= 0.3 is 5.97 Å². The molecule has 1 aliphatic heterocycles. The number of halogens is 1. The van der Waals surface area contributed by atoms with Crippen LogP contribution in [0.5, 0.6) is 0 Å². The minimum atomic E-state index is -0.917. The van der Waals surface area contributed by atoms with Gasteiger partial charge in [-0.1, -0.05) is 67.0 Å². The summed E-state index contributed by atoms with van der Waals surface area (Å²) in [5.41, 5.74) is -0.0799. The monoisotopic (exact) mass is 326 g/mol. The number of benzene rings is 1. The van der Waals surface area contributed by atoms with Gasteiger partial charge in [0.05, 0.1) is 0 Å². The predicted octanol–water partition coefficient (Wildman–Crippen LogP) is 3.31. The number of hydrogen-bond acceptors (Lipinski definition) is 3. The summed E-state index contributed by atoms with van der Waals surface area (Å²) in [7, 11) is 0. The van der Waals surface area contributed by atoms with E-state index in [0.29, 0.717) is 11.8 Å². The van der Waals surface area contributed by atoms with Crippen LogP contribution in [0.3, 0.4) is 0 Å². The molecule has 1 aromatic rings. The number of cyclic esters (lactones) is 1. The van der Waals surface area contributed by atoms with E-state index in [1.165, 1.54) is 0 Å². The second kappa shape index (κ2) is 5.25. The predicted molar refractivity (Wildman–Crippen MR) is 77.1 cm³/mol. The molecular formula is C15H19BrO3. The molecule has 1 aromatic carbocycles.